The fourth-order valence-electron chi connectivity index (χ4n) is 3.38. The van der Waals surface area contributed by atoms with E-state index in [1.165, 1.54) is 6.92 Å². The molecule has 0 saturated carbocycles. The van der Waals surface area contributed by atoms with E-state index in [0.29, 0.717) is 35.3 Å². The molecule has 1 atom stereocenters. The van der Waals surface area contributed by atoms with Crippen LogP contribution in [0.5, 0.6) is 23.0 Å². The van der Waals surface area contributed by atoms with E-state index in [2.05, 4.69) is 13.8 Å². The van der Waals surface area contributed by atoms with Gasteiger partial charge >= 0.3 is 5.97 Å². The van der Waals surface area contributed by atoms with Gasteiger partial charge in [0.2, 0.25) is 0 Å². The molecule has 0 bridgehead atoms. The first-order valence-corrected chi connectivity index (χ1v) is 9.34. The number of hydrogen-bond acceptors (Lipinski definition) is 6. The number of fused-ring (bicyclic) bond motifs is 1. The molecule has 0 fully saturated rings. The molecule has 0 N–H and O–H groups in total. The number of hydrogen-bond donors (Lipinski definition) is 0. The summed E-state index contributed by atoms with van der Waals surface area (Å²) in [7, 11) is 6.39. The topological polar surface area (TPSA) is 63.2 Å². The SMILES string of the molecule is COc1ccc(OC)c2c(OC)c(C(CCC(C)C)OC(C)=O)cc(OC)c12. The van der Waals surface area contributed by atoms with Crippen molar-refractivity contribution < 1.29 is 28.5 Å². The molecule has 28 heavy (non-hydrogen) atoms. The molecule has 2 aromatic rings. The molecule has 0 aromatic heterocycles. The van der Waals surface area contributed by atoms with Crippen LogP contribution in [0.25, 0.3) is 10.8 Å². The molecule has 0 spiro atoms. The first-order chi connectivity index (χ1) is 13.4. The van der Waals surface area contributed by atoms with E-state index in [0.717, 1.165) is 22.8 Å². The molecule has 6 heteroatoms. The van der Waals surface area contributed by atoms with E-state index in [9.17, 15) is 4.79 Å². The van der Waals surface area contributed by atoms with Crippen LogP contribution in [0.4, 0.5) is 0 Å². The number of rotatable bonds is 9. The van der Waals surface area contributed by atoms with Crippen molar-refractivity contribution in [2.24, 2.45) is 5.92 Å². The third-order valence-electron chi connectivity index (χ3n) is 4.68. The molecule has 0 radical (unpaired) electrons. The molecule has 0 heterocycles. The Balaban J connectivity index is 2.82. The molecular weight excluding hydrogens is 360 g/mol. The second-order valence-corrected chi connectivity index (χ2v) is 6.99. The molecule has 0 aliphatic rings. The molecule has 1 unspecified atom stereocenters. The number of carbonyl (C=O) groups excluding carboxylic acids is 1. The van der Waals surface area contributed by atoms with Crippen LogP contribution in [0.1, 0.15) is 45.3 Å². The van der Waals surface area contributed by atoms with Gasteiger partial charge in [-0.05, 0) is 37.0 Å². The molecule has 0 aliphatic carbocycles. The summed E-state index contributed by atoms with van der Waals surface area (Å²) in [5, 5.41) is 1.47. The van der Waals surface area contributed by atoms with Gasteiger partial charge in [0.1, 0.15) is 29.1 Å². The van der Waals surface area contributed by atoms with Crippen molar-refractivity contribution in [3.63, 3.8) is 0 Å². The lowest BCUT2D eigenvalue weighted by molar-refractivity contribution is -0.147. The van der Waals surface area contributed by atoms with Crippen molar-refractivity contribution in [2.75, 3.05) is 28.4 Å². The minimum atomic E-state index is -0.455. The zero-order valence-electron chi connectivity index (χ0n) is 17.8. The Morgan fingerprint density at radius 3 is 1.89 bits per heavy atom. The molecule has 0 amide bonds. The third-order valence-corrected chi connectivity index (χ3v) is 4.68. The average molecular weight is 390 g/mol. The monoisotopic (exact) mass is 390 g/mol. The Morgan fingerprint density at radius 1 is 0.857 bits per heavy atom. The molecule has 0 saturated heterocycles. The Bertz CT molecular complexity index is 828. The Morgan fingerprint density at radius 2 is 1.43 bits per heavy atom. The predicted molar refractivity (Wildman–Crippen MR) is 109 cm³/mol. The second-order valence-electron chi connectivity index (χ2n) is 6.99. The van der Waals surface area contributed by atoms with Crippen LogP contribution < -0.4 is 18.9 Å². The molecule has 154 valence electrons. The van der Waals surface area contributed by atoms with Gasteiger partial charge in [0.25, 0.3) is 0 Å². The van der Waals surface area contributed by atoms with Gasteiger partial charge < -0.3 is 23.7 Å². The lowest BCUT2D eigenvalue weighted by Crippen LogP contribution is -2.12. The fraction of sp³-hybridized carbons (Fsp3) is 0.500. The number of ether oxygens (including phenoxy) is 5. The maximum absolute atomic E-state index is 11.8. The summed E-state index contributed by atoms with van der Waals surface area (Å²) in [6.07, 6.45) is 1.12. The Hall–Kier alpha value is -2.63. The van der Waals surface area contributed by atoms with E-state index < -0.39 is 6.10 Å². The van der Waals surface area contributed by atoms with Crippen LogP contribution in [0.15, 0.2) is 18.2 Å². The van der Waals surface area contributed by atoms with Crippen molar-refractivity contribution in [3.05, 3.63) is 23.8 Å². The van der Waals surface area contributed by atoms with E-state index in [1.54, 1.807) is 28.4 Å². The highest BCUT2D eigenvalue weighted by atomic mass is 16.5. The number of benzene rings is 2. The van der Waals surface area contributed by atoms with Crippen LogP contribution in [0.3, 0.4) is 0 Å². The van der Waals surface area contributed by atoms with E-state index in [4.69, 9.17) is 23.7 Å². The van der Waals surface area contributed by atoms with Gasteiger partial charge in [-0.25, -0.2) is 0 Å². The number of esters is 1. The summed E-state index contributed by atoms with van der Waals surface area (Å²) >= 11 is 0. The van der Waals surface area contributed by atoms with Crippen molar-refractivity contribution in [1.82, 2.24) is 0 Å². The van der Waals surface area contributed by atoms with Crippen LogP contribution >= 0.6 is 0 Å². The van der Waals surface area contributed by atoms with Gasteiger partial charge in [-0.1, -0.05) is 13.8 Å². The minimum Gasteiger partial charge on any atom is -0.496 e. The Labute approximate surface area is 166 Å². The van der Waals surface area contributed by atoms with Gasteiger partial charge in [-0.15, -0.1) is 0 Å². The fourth-order valence-corrected chi connectivity index (χ4v) is 3.38. The summed E-state index contributed by atoms with van der Waals surface area (Å²) in [5.74, 6) is 2.58. The second kappa shape index (κ2) is 9.53. The maximum Gasteiger partial charge on any atom is 0.303 e. The van der Waals surface area contributed by atoms with Gasteiger partial charge in [0.05, 0.1) is 39.2 Å². The number of carbonyl (C=O) groups is 1. The van der Waals surface area contributed by atoms with Gasteiger partial charge in [-0.2, -0.15) is 0 Å². The van der Waals surface area contributed by atoms with Crippen molar-refractivity contribution in [3.8, 4) is 23.0 Å². The summed E-state index contributed by atoms with van der Waals surface area (Å²) < 4.78 is 28.2. The first-order valence-electron chi connectivity index (χ1n) is 9.34. The Kier molecular flexibility index (Phi) is 7.38. The lowest BCUT2D eigenvalue weighted by atomic mass is 9.95. The summed E-state index contributed by atoms with van der Waals surface area (Å²) in [6.45, 7) is 5.69. The highest BCUT2D eigenvalue weighted by molar-refractivity contribution is 6.03. The molecule has 0 aliphatic heterocycles. The average Bonchev–Trinajstić information content (AvgIpc) is 2.68. The highest BCUT2D eigenvalue weighted by Crippen LogP contribution is 2.48. The highest BCUT2D eigenvalue weighted by Gasteiger charge is 2.27. The lowest BCUT2D eigenvalue weighted by Gasteiger charge is -2.24. The van der Waals surface area contributed by atoms with Gasteiger partial charge in [0, 0.05) is 12.5 Å². The molecular formula is C22H30O6. The zero-order chi connectivity index (χ0) is 20.8. The van der Waals surface area contributed by atoms with Gasteiger partial charge in [-0.3, -0.25) is 4.79 Å². The van der Waals surface area contributed by atoms with Crippen LogP contribution in [0, 0.1) is 5.92 Å². The normalized spacial score (nSPS) is 12.0. The predicted octanol–water partition coefficient (Wildman–Crippen LogP) is 4.91. The standard InChI is InChI=1S/C22H30O6/c1-13(2)8-9-16(28-14(3)23)15-12-19(26-6)20-17(24-4)10-11-18(25-5)21(20)22(15)27-7/h10-13,16H,8-9H2,1-7H3. The third kappa shape index (κ3) is 4.43. The first kappa shape index (κ1) is 21.7. The van der Waals surface area contributed by atoms with Crippen LogP contribution in [-0.2, 0) is 9.53 Å². The van der Waals surface area contributed by atoms with Crippen molar-refractivity contribution in [1.29, 1.82) is 0 Å². The summed E-state index contributed by atoms with van der Waals surface area (Å²) in [5.41, 5.74) is 0.745. The van der Waals surface area contributed by atoms with E-state index in [-0.39, 0.29) is 5.97 Å². The summed E-state index contributed by atoms with van der Waals surface area (Å²) in [6, 6.07) is 5.50. The van der Waals surface area contributed by atoms with Crippen LogP contribution in [-0.4, -0.2) is 34.4 Å². The molecule has 6 nitrogen and oxygen atoms in total. The van der Waals surface area contributed by atoms with Gasteiger partial charge in [0.15, 0.2) is 0 Å². The zero-order valence-corrected chi connectivity index (χ0v) is 17.8. The smallest absolute Gasteiger partial charge is 0.303 e. The maximum atomic E-state index is 11.8. The largest absolute Gasteiger partial charge is 0.496 e. The quantitative estimate of drug-likeness (QED) is 0.567. The molecule has 2 rings (SSSR count). The van der Waals surface area contributed by atoms with E-state index >= 15 is 0 Å². The van der Waals surface area contributed by atoms with Crippen molar-refractivity contribution >= 4 is 16.7 Å². The van der Waals surface area contributed by atoms with Crippen LogP contribution in [0.2, 0.25) is 0 Å². The summed E-state index contributed by atoms with van der Waals surface area (Å²) in [4.78, 5) is 11.8. The molecule has 2 aromatic carbocycles. The number of methoxy groups -OCH3 is 4. The minimum absolute atomic E-state index is 0.340. The van der Waals surface area contributed by atoms with E-state index in [1.807, 2.05) is 18.2 Å². The van der Waals surface area contributed by atoms with Crippen molar-refractivity contribution in [2.45, 2.75) is 39.7 Å².